The summed E-state index contributed by atoms with van der Waals surface area (Å²) in [6, 6.07) is 10.9. The van der Waals surface area contributed by atoms with Gasteiger partial charge < -0.3 is 4.74 Å². The third-order valence-electron chi connectivity index (χ3n) is 2.84. The molecule has 2 aromatic rings. The predicted octanol–water partition coefficient (Wildman–Crippen LogP) is 2.46. The molecule has 7 heteroatoms. The summed E-state index contributed by atoms with van der Waals surface area (Å²) in [6.45, 7) is 0.0313. The lowest BCUT2D eigenvalue weighted by Crippen LogP contribution is -2.28. The second kappa shape index (κ2) is 7.33. The Morgan fingerprint density at radius 3 is 2.05 bits per heavy atom. The van der Waals surface area contributed by atoms with Crippen LogP contribution in [0.2, 0.25) is 0 Å². The van der Waals surface area contributed by atoms with E-state index in [1.54, 1.807) is 0 Å². The van der Waals surface area contributed by atoms with Crippen molar-refractivity contribution in [3.05, 3.63) is 65.7 Å². The molecule has 1 N–H and O–H groups in total. The highest BCUT2D eigenvalue weighted by molar-refractivity contribution is 7.89. The fourth-order valence-corrected chi connectivity index (χ4v) is 2.50. The van der Waals surface area contributed by atoms with Crippen molar-refractivity contribution < 1.29 is 21.9 Å². The summed E-state index contributed by atoms with van der Waals surface area (Å²) in [5.74, 6) is -0.596. The van der Waals surface area contributed by atoms with Crippen molar-refractivity contribution in [1.82, 2.24) is 4.72 Å². The van der Waals surface area contributed by atoms with Crippen molar-refractivity contribution in [2.45, 2.75) is 6.54 Å². The number of halogens is 2. The van der Waals surface area contributed by atoms with Gasteiger partial charge in [-0.2, -0.15) is 0 Å². The lowest BCUT2D eigenvalue weighted by Gasteiger charge is -2.08. The molecule has 0 aliphatic heterocycles. The Kier molecular flexibility index (Phi) is 5.46. The number of hydrogen-bond donors (Lipinski definition) is 1. The minimum absolute atomic E-state index is 0.0512. The zero-order valence-electron chi connectivity index (χ0n) is 11.6. The summed E-state index contributed by atoms with van der Waals surface area (Å²) in [4.78, 5) is 0. The van der Waals surface area contributed by atoms with E-state index in [4.69, 9.17) is 4.74 Å². The van der Waals surface area contributed by atoms with E-state index in [2.05, 4.69) is 4.72 Å². The highest BCUT2D eigenvalue weighted by Crippen LogP contribution is 2.11. The van der Waals surface area contributed by atoms with Gasteiger partial charge in [0.15, 0.2) is 0 Å². The zero-order valence-corrected chi connectivity index (χ0v) is 12.4. The standard InChI is InChI=1S/C15H15F2NO3S/c16-13-3-1-12(2-4-13)11-18-22(19,20)10-9-21-15-7-5-14(17)6-8-15/h1-8,18H,9-11H2. The van der Waals surface area contributed by atoms with Crippen molar-refractivity contribution in [1.29, 1.82) is 0 Å². The number of ether oxygens (including phenoxy) is 1. The van der Waals surface area contributed by atoms with Crippen LogP contribution in [0.4, 0.5) is 8.78 Å². The van der Waals surface area contributed by atoms with Crippen LogP contribution in [0.3, 0.4) is 0 Å². The third kappa shape index (κ3) is 5.42. The van der Waals surface area contributed by atoms with Crippen LogP contribution >= 0.6 is 0 Å². The number of rotatable bonds is 7. The summed E-state index contributed by atoms with van der Waals surface area (Å²) in [5.41, 5.74) is 0.657. The van der Waals surface area contributed by atoms with Crippen molar-refractivity contribution in [3.63, 3.8) is 0 Å². The molecule has 0 saturated heterocycles. The number of hydrogen-bond acceptors (Lipinski definition) is 3. The molecule has 2 rings (SSSR count). The summed E-state index contributed by atoms with van der Waals surface area (Å²) in [7, 11) is -3.51. The summed E-state index contributed by atoms with van der Waals surface area (Å²) in [6.07, 6.45) is 0. The molecule has 0 amide bonds. The van der Waals surface area contributed by atoms with Gasteiger partial charge in [0.1, 0.15) is 24.0 Å². The lowest BCUT2D eigenvalue weighted by atomic mass is 10.2. The van der Waals surface area contributed by atoms with Crippen molar-refractivity contribution in [2.24, 2.45) is 0 Å². The first-order valence-electron chi connectivity index (χ1n) is 6.55. The van der Waals surface area contributed by atoms with Crippen LogP contribution in [-0.2, 0) is 16.6 Å². The van der Waals surface area contributed by atoms with E-state index in [1.807, 2.05) is 0 Å². The second-order valence-electron chi connectivity index (χ2n) is 4.57. The van der Waals surface area contributed by atoms with Crippen LogP contribution in [0.5, 0.6) is 5.75 Å². The van der Waals surface area contributed by atoms with Crippen LogP contribution in [0.25, 0.3) is 0 Å². The molecule has 0 saturated carbocycles. The number of nitrogens with one attached hydrogen (secondary N) is 1. The molecule has 0 heterocycles. The molecule has 0 spiro atoms. The van der Waals surface area contributed by atoms with Gasteiger partial charge >= 0.3 is 0 Å². The highest BCUT2D eigenvalue weighted by atomic mass is 32.2. The Balaban J connectivity index is 1.78. The van der Waals surface area contributed by atoms with Crippen LogP contribution in [-0.4, -0.2) is 20.8 Å². The molecular weight excluding hydrogens is 312 g/mol. The van der Waals surface area contributed by atoms with Crippen LogP contribution < -0.4 is 9.46 Å². The Labute approximate surface area is 127 Å². The first-order valence-corrected chi connectivity index (χ1v) is 8.20. The molecule has 0 aromatic heterocycles. The average Bonchev–Trinajstić information content (AvgIpc) is 2.49. The van der Waals surface area contributed by atoms with E-state index in [0.717, 1.165) is 0 Å². The maximum absolute atomic E-state index is 12.7. The van der Waals surface area contributed by atoms with E-state index >= 15 is 0 Å². The molecule has 0 atom stereocenters. The Hall–Kier alpha value is -1.99. The van der Waals surface area contributed by atoms with Gasteiger partial charge in [0, 0.05) is 6.54 Å². The summed E-state index contributed by atoms with van der Waals surface area (Å²) < 4.78 is 56.6. The normalized spacial score (nSPS) is 11.4. The maximum atomic E-state index is 12.7. The molecule has 0 bridgehead atoms. The molecule has 0 radical (unpaired) electrons. The molecule has 2 aromatic carbocycles. The number of benzene rings is 2. The van der Waals surface area contributed by atoms with Crippen molar-refractivity contribution in [3.8, 4) is 5.75 Å². The molecule has 4 nitrogen and oxygen atoms in total. The van der Waals surface area contributed by atoms with E-state index in [9.17, 15) is 17.2 Å². The maximum Gasteiger partial charge on any atom is 0.215 e. The molecule has 0 unspecified atom stereocenters. The lowest BCUT2D eigenvalue weighted by molar-refractivity contribution is 0.339. The molecule has 0 fully saturated rings. The molecule has 0 aliphatic rings. The SMILES string of the molecule is O=S(=O)(CCOc1ccc(F)cc1)NCc1ccc(F)cc1. The van der Waals surface area contributed by atoms with Crippen molar-refractivity contribution in [2.75, 3.05) is 12.4 Å². The molecule has 0 aliphatic carbocycles. The van der Waals surface area contributed by atoms with Gasteiger partial charge in [0.2, 0.25) is 10.0 Å². The summed E-state index contributed by atoms with van der Waals surface area (Å²) in [5, 5.41) is 0. The average molecular weight is 327 g/mol. The predicted molar refractivity (Wildman–Crippen MR) is 78.9 cm³/mol. The number of sulfonamides is 1. The van der Waals surface area contributed by atoms with E-state index in [-0.39, 0.29) is 30.5 Å². The minimum Gasteiger partial charge on any atom is -0.492 e. The Morgan fingerprint density at radius 2 is 1.45 bits per heavy atom. The minimum atomic E-state index is -3.51. The van der Waals surface area contributed by atoms with E-state index < -0.39 is 10.0 Å². The Bertz CT molecular complexity index is 701. The fraction of sp³-hybridized carbons (Fsp3) is 0.200. The first kappa shape index (κ1) is 16.4. The van der Waals surface area contributed by atoms with Crippen LogP contribution in [0.1, 0.15) is 5.56 Å². The van der Waals surface area contributed by atoms with Gasteiger partial charge in [-0.3, -0.25) is 0 Å². The van der Waals surface area contributed by atoms with Gasteiger partial charge in [0.25, 0.3) is 0 Å². The fourth-order valence-electron chi connectivity index (χ4n) is 1.67. The topological polar surface area (TPSA) is 55.4 Å². The first-order chi connectivity index (χ1) is 10.4. The molecule has 118 valence electrons. The largest absolute Gasteiger partial charge is 0.492 e. The van der Waals surface area contributed by atoms with E-state index in [0.29, 0.717) is 11.3 Å². The zero-order chi connectivity index (χ0) is 16.0. The molecular formula is C15H15F2NO3S. The second-order valence-corrected chi connectivity index (χ2v) is 6.50. The monoisotopic (exact) mass is 327 g/mol. The van der Waals surface area contributed by atoms with Crippen LogP contribution in [0.15, 0.2) is 48.5 Å². The summed E-state index contributed by atoms with van der Waals surface area (Å²) >= 11 is 0. The van der Waals surface area contributed by atoms with Crippen molar-refractivity contribution >= 4 is 10.0 Å². The van der Waals surface area contributed by atoms with Gasteiger partial charge in [0.05, 0.1) is 5.75 Å². The van der Waals surface area contributed by atoms with Gasteiger partial charge in [-0.1, -0.05) is 12.1 Å². The van der Waals surface area contributed by atoms with Gasteiger partial charge in [-0.25, -0.2) is 21.9 Å². The molecule has 22 heavy (non-hydrogen) atoms. The third-order valence-corrected chi connectivity index (χ3v) is 4.13. The van der Waals surface area contributed by atoms with E-state index in [1.165, 1.54) is 48.5 Å². The van der Waals surface area contributed by atoms with Gasteiger partial charge in [-0.05, 0) is 42.0 Å². The highest BCUT2D eigenvalue weighted by Gasteiger charge is 2.10. The Morgan fingerprint density at radius 1 is 0.909 bits per heavy atom. The van der Waals surface area contributed by atoms with Crippen LogP contribution in [0, 0.1) is 11.6 Å². The quantitative estimate of drug-likeness (QED) is 0.850. The van der Waals surface area contributed by atoms with Gasteiger partial charge in [-0.15, -0.1) is 0 Å². The smallest absolute Gasteiger partial charge is 0.215 e.